The van der Waals surface area contributed by atoms with Crippen molar-refractivity contribution in [1.82, 2.24) is 15.2 Å². The van der Waals surface area contributed by atoms with Crippen molar-refractivity contribution in [2.75, 3.05) is 26.2 Å². The summed E-state index contributed by atoms with van der Waals surface area (Å²) in [4.78, 5) is 20.2. The lowest BCUT2D eigenvalue weighted by molar-refractivity contribution is -0.146. The molecule has 2 aromatic rings. The van der Waals surface area contributed by atoms with Gasteiger partial charge in [-0.25, -0.2) is 4.98 Å². The van der Waals surface area contributed by atoms with Gasteiger partial charge in [0, 0.05) is 30.6 Å². The molecule has 3 aliphatic rings. The highest BCUT2D eigenvalue weighted by molar-refractivity contribution is 6.31. The summed E-state index contributed by atoms with van der Waals surface area (Å²) in [6.07, 6.45) is 6.54. The number of hydrogen-bond donors (Lipinski definition) is 1. The highest BCUT2D eigenvalue weighted by Crippen LogP contribution is 2.45. The first-order valence-electron chi connectivity index (χ1n) is 10.2. The Morgan fingerprint density at radius 2 is 2.11 bits per heavy atom. The number of piperidine rings is 1. The predicted octanol–water partition coefficient (Wildman–Crippen LogP) is 3.97. The Morgan fingerprint density at radius 3 is 2.96 bits per heavy atom. The minimum atomic E-state index is -0.139. The molecule has 1 aliphatic carbocycles. The van der Waals surface area contributed by atoms with E-state index >= 15 is 0 Å². The number of carbonyl (C=O) groups excluding carboxylic acids is 1. The van der Waals surface area contributed by atoms with Gasteiger partial charge in [0.25, 0.3) is 0 Å². The van der Waals surface area contributed by atoms with Crippen LogP contribution in [-0.4, -0.2) is 42.0 Å². The minimum Gasteiger partial charge on any atom is -0.440 e. The Hall–Kier alpha value is -1.59. The number of hydrogen-bond acceptors (Lipinski definition) is 4. The molecule has 27 heavy (non-hydrogen) atoms. The summed E-state index contributed by atoms with van der Waals surface area (Å²) in [6.45, 7) is 3.48. The van der Waals surface area contributed by atoms with Gasteiger partial charge >= 0.3 is 0 Å². The van der Waals surface area contributed by atoms with Gasteiger partial charge < -0.3 is 14.6 Å². The molecule has 0 unspecified atom stereocenters. The topological polar surface area (TPSA) is 58.4 Å². The van der Waals surface area contributed by atoms with Gasteiger partial charge in [0.1, 0.15) is 5.52 Å². The fourth-order valence-corrected chi connectivity index (χ4v) is 5.57. The van der Waals surface area contributed by atoms with E-state index < -0.39 is 0 Å². The average Bonchev–Trinajstić information content (AvgIpc) is 3.32. The molecule has 1 saturated carbocycles. The lowest BCUT2D eigenvalue weighted by Gasteiger charge is -2.42. The lowest BCUT2D eigenvalue weighted by atomic mass is 9.67. The maximum absolute atomic E-state index is 13.4. The third-order valence-electron chi connectivity index (χ3n) is 6.96. The summed E-state index contributed by atoms with van der Waals surface area (Å²) in [5, 5.41) is 4.17. The lowest BCUT2D eigenvalue weighted by Crippen LogP contribution is -2.51. The standard InChI is InChI=1S/C21H26ClN3O2/c22-16-4-5-18-17(11-16)24-19(27-18)14-6-9-25(10-7-14)20(26)21-8-2-1-3-15(21)12-23-13-21/h4-5,11,14-15,23H,1-3,6-10,12-13H2/t15-,21+/m0/s1. The molecule has 1 amide bonds. The van der Waals surface area contributed by atoms with Crippen molar-refractivity contribution < 1.29 is 9.21 Å². The third kappa shape index (κ3) is 2.95. The van der Waals surface area contributed by atoms with Crippen LogP contribution in [0.2, 0.25) is 5.02 Å². The van der Waals surface area contributed by atoms with E-state index in [4.69, 9.17) is 16.0 Å². The number of carbonyl (C=O) groups is 1. The second kappa shape index (κ2) is 6.78. The van der Waals surface area contributed by atoms with Crippen LogP contribution in [0.25, 0.3) is 11.1 Å². The van der Waals surface area contributed by atoms with E-state index in [-0.39, 0.29) is 11.3 Å². The summed E-state index contributed by atoms with van der Waals surface area (Å²) in [7, 11) is 0. The summed E-state index contributed by atoms with van der Waals surface area (Å²) >= 11 is 6.05. The largest absolute Gasteiger partial charge is 0.440 e. The number of halogens is 1. The molecule has 2 aliphatic heterocycles. The van der Waals surface area contributed by atoms with Gasteiger partial charge in [-0.05, 0) is 56.3 Å². The summed E-state index contributed by atoms with van der Waals surface area (Å²) in [6, 6.07) is 5.55. The quantitative estimate of drug-likeness (QED) is 0.847. The van der Waals surface area contributed by atoms with Crippen LogP contribution in [0.4, 0.5) is 0 Å². The highest BCUT2D eigenvalue weighted by atomic mass is 35.5. The van der Waals surface area contributed by atoms with E-state index in [1.807, 2.05) is 18.2 Å². The van der Waals surface area contributed by atoms with Gasteiger partial charge in [-0.15, -0.1) is 0 Å². The molecule has 2 atom stereocenters. The van der Waals surface area contributed by atoms with Crippen molar-refractivity contribution in [3.63, 3.8) is 0 Å². The number of oxazole rings is 1. The van der Waals surface area contributed by atoms with Crippen LogP contribution in [0.3, 0.4) is 0 Å². The Morgan fingerprint density at radius 1 is 1.26 bits per heavy atom. The van der Waals surface area contributed by atoms with Crippen LogP contribution in [0.5, 0.6) is 0 Å². The zero-order valence-corrected chi connectivity index (χ0v) is 16.3. The normalized spacial score (nSPS) is 29.2. The number of fused-ring (bicyclic) bond motifs is 2. The highest BCUT2D eigenvalue weighted by Gasteiger charge is 2.51. The molecular weight excluding hydrogens is 362 g/mol. The number of amides is 1. The van der Waals surface area contributed by atoms with Gasteiger partial charge in [0.2, 0.25) is 5.91 Å². The molecular formula is C21H26ClN3O2. The van der Waals surface area contributed by atoms with Crippen LogP contribution >= 0.6 is 11.6 Å². The number of benzene rings is 1. The molecule has 1 aromatic heterocycles. The second-order valence-corrected chi connectivity index (χ2v) is 8.90. The summed E-state index contributed by atoms with van der Waals surface area (Å²) < 4.78 is 5.96. The Balaban J connectivity index is 1.29. The summed E-state index contributed by atoms with van der Waals surface area (Å²) in [5.74, 6) is 1.98. The molecule has 6 heteroatoms. The molecule has 1 aromatic carbocycles. The van der Waals surface area contributed by atoms with Crippen molar-refractivity contribution in [2.45, 2.75) is 44.4 Å². The maximum Gasteiger partial charge on any atom is 0.230 e. The number of likely N-dealkylation sites (tertiary alicyclic amines) is 1. The molecule has 3 fully saturated rings. The van der Waals surface area contributed by atoms with E-state index in [9.17, 15) is 4.79 Å². The molecule has 5 nitrogen and oxygen atoms in total. The van der Waals surface area contributed by atoms with Gasteiger partial charge in [-0.1, -0.05) is 24.4 Å². The first-order chi connectivity index (χ1) is 13.2. The van der Waals surface area contributed by atoms with Crippen LogP contribution in [0.1, 0.15) is 50.3 Å². The Kier molecular flexibility index (Phi) is 4.40. The van der Waals surface area contributed by atoms with Crippen molar-refractivity contribution >= 4 is 28.6 Å². The molecule has 2 saturated heterocycles. The Bertz CT molecular complexity index is 858. The minimum absolute atomic E-state index is 0.139. The van der Waals surface area contributed by atoms with Crippen LogP contribution in [0.15, 0.2) is 22.6 Å². The smallest absolute Gasteiger partial charge is 0.230 e. The second-order valence-electron chi connectivity index (χ2n) is 8.46. The van der Waals surface area contributed by atoms with Crippen molar-refractivity contribution in [2.24, 2.45) is 11.3 Å². The first-order valence-corrected chi connectivity index (χ1v) is 10.6. The molecule has 144 valence electrons. The van der Waals surface area contributed by atoms with Crippen LogP contribution < -0.4 is 5.32 Å². The van der Waals surface area contributed by atoms with Crippen LogP contribution in [0, 0.1) is 11.3 Å². The van der Waals surface area contributed by atoms with Crippen molar-refractivity contribution in [3.8, 4) is 0 Å². The van der Waals surface area contributed by atoms with Gasteiger partial charge in [0.15, 0.2) is 11.5 Å². The molecule has 1 N–H and O–H groups in total. The summed E-state index contributed by atoms with van der Waals surface area (Å²) in [5.41, 5.74) is 1.46. The zero-order chi connectivity index (χ0) is 18.4. The molecule has 0 spiro atoms. The van der Waals surface area contributed by atoms with E-state index in [0.717, 1.165) is 62.4 Å². The van der Waals surface area contributed by atoms with Gasteiger partial charge in [-0.2, -0.15) is 0 Å². The molecule has 0 bridgehead atoms. The number of nitrogens with one attached hydrogen (secondary N) is 1. The Labute approximate surface area is 164 Å². The SMILES string of the molecule is O=C(N1CCC(c2nc3cc(Cl)ccc3o2)CC1)[C@@]12CCCC[C@H]1CNC2. The van der Waals surface area contributed by atoms with E-state index in [0.29, 0.717) is 16.8 Å². The predicted molar refractivity (Wildman–Crippen MR) is 105 cm³/mol. The maximum atomic E-state index is 13.4. The first kappa shape index (κ1) is 17.5. The van der Waals surface area contributed by atoms with E-state index in [1.54, 1.807) is 0 Å². The van der Waals surface area contributed by atoms with Gasteiger partial charge in [-0.3, -0.25) is 4.79 Å². The third-order valence-corrected chi connectivity index (χ3v) is 7.20. The van der Waals surface area contributed by atoms with Gasteiger partial charge in [0.05, 0.1) is 5.41 Å². The average molecular weight is 388 g/mol. The van der Waals surface area contributed by atoms with E-state index in [2.05, 4.69) is 15.2 Å². The molecule has 0 radical (unpaired) electrons. The van der Waals surface area contributed by atoms with E-state index in [1.165, 1.54) is 19.3 Å². The number of rotatable bonds is 2. The monoisotopic (exact) mass is 387 g/mol. The van der Waals surface area contributed by atoms with Crippen molar-refractivity contribution in [1.29, 1.82) is 0 Å². The zero-order valence-electron chi connectivity index (χ0n) is 15.5. The fourth-order valence-electron chi connectivity index (χ4n) is 5.41. The fraction of sp³-hybridized carbons (Fsp3) is 0.619. The van der Waals surface area contributed by atoms with Crippen molar-refractivity contribution in [3.05, 3.63) is 29.1 Å². The number of aromatic nitrogens is 1. The molecule has 3 heterocycles. The number of nitrogens with zero attached hydrogens (tertiary/aromatic N) is 2. The molecule has 5 rings (SSSR count). The van der Waals surface area contributed by atoms with Crippen LogP contribution in [-0.2, 0) is 4.79 Å².